The van der Waals surface area contributed by atoms with Gasteiger partial charge in [0, 0.05) is 12.7 Å². The molecule has 0 unspecified atom stereocenters. The molecule has 0 spiro atoms. The molecule has 1 amide bonds. The van der Waals surface area contributed by atoms with Crippen LogP contribution in [0.5, 0.6) is 17.2 Å². The van der Waals surface area contributed by atoms with Crippen molar-refractivity contribution in [1.82, 2.24) is 10.2 Å². The van der Waals surface area contributed by atoms with E-state index in [4.69, 9.17) is 25.8 Å². The topological polar surface area (TPSA) is 140 Å². The third-order valence-corrected chi connectivity index (χ3v) is 7.27. The zero-order valence-corrected chi connectivity index (χ0v) is 21.6. The lowest BCUT2D eigenvalue weighted by Crippen LogP contribution is -2.13. The van der Waals surface area contributed by atoms with Crippen LogP contribution in [-0.2, 0) is 14.6 Å². The number of nitrogens with one attached hydrogen (secondary N) is 1. The maximum Gasteiger partial charge on any atom is 0.268 e. The van der Waals surface area contributed by atoms with Gasteiger partial charge in [-0.3, -0.25) is 10.1 Å². The second-order valence-corrected chi connectivity index (χ2v) is 10.7. The Morgan fingerprint density at radius 1 is 1.14 bits per heavy atom. The van der Waals surface area contributed by atoms with Crippen LogP contribution in [0.1, 0.15) is 12.0 Å². The summed E-state index contributed by atoms with van der Waals surface area (Å²) in [5, 5.41) is 19.4. The summed E-state index contributed by atoms with van der Waals surface area (Å²) < 4.78 is 39.6. The number of amides is 1. The highest BCUT2D eigenvalue weighted by Crippen LogP contribution is 2.29. The molecular formula is C23H21ClN4O6S2. The van der Waals surface area contributed by atoms with E-state index in [0.717, 1.165) is 6.26 Å². The van der Waals surface area contributed by atoms with E-state index in [0.29, 0.717) is 58.8 Å². The van der Waals surface area contributed by atoms with Crippen LogP contribution in [-0.4, -0.2) is 51.1 Å². The van der Waals surface area contributed by atoms with Crippen LogP contribution in [0.25, 0.3) is 6.08 Å². The second-order valence-electron chi connectivity index (χ2n) is 7.16. The van der Waals surface area contributed by atoms with Crippen molar-refractivity contribution in [3.63, 3.8) is 0 Å². The first-order valence-corrected chi connectivity index (χ1v) is 13.4. The molecule has 1 N–H and O–H groups in total. The number of hydrogen-bond donors (Lipinski definition) is 1. The lowest BCUT2D eigenvalue weighted by molar-refractivity contribution is -0.112. The van der Waals surface area contributed by atoms with Crippen molar-refractivity contribution in [2.45, 2.75) is 10.8 Å². The molecule has 0 fully saturated rings. The van der Waals surface area contributed by atoms with Gasteiger partial charge in [0.15, 0.2) is 11.5 Å². The summed E-state index contributed by atoms with van der Waals surface area (Å²) in [5.74, 6) is 0.742. The molecule has 0 aliphatic carbocycles. The van der Waals surface area contributed by atoms with E-state index in [1.807, 2.05) is 18.2 Å². The number of methoxy groups -OCH3 is 1. The summed E-state index contributed by atoms with van der Waals surface area (Å²) in [6, 6.07) is 14.0. The number of carbonyl (C=O) groups excluding carboxylic acids is 1. The first-order chi connectivity index (χ1) is 17.2. The maximum atomic E-state index is 12.5. The lowest BCUT2D eigenvalue weighted by Gasteiger charge is -2.12. The van der Waals surface area contributed by atoms with Crippen LogP contribution in [0.2, 0.25) is 5.02 Å². The predicted molar refractivity (Wildman–Crippen MR) is 135 cm³/mol. The van der Waals surface area contributed by atoms with Crippen molar-refractivity contribution in [3.05, 3.63) is 58.6 Å². The van der Waals surface area contributed by atoms with Crippen molar-refractivity contribution in [1.29, 1.82) is 5.26 Å². The van der Waals surface area contributed by atoms with E-state index in [1.54, 1.807) is 30.3 Å². The summed E-state index contributed by atoms with van der Waals surface area (Å²) in [6.45, 7) is 0.771. The molecule has 3 aromatic rings. The average molecular weight is 549 g/mol. The van der Waals surface area contributed by atoms with Crippen LogP contribution >= 0.6 is 22.9 Å². The molecule has 3 rings (SSSR count). The second kappa shape index (κ2) is 12.3. The molecule has 0 aliphatic heterocycles. The molecule has 188 valence electrons. The zero-order chi connectivity index (χ0) is 26.1. The Morgan fingerprint density at radius 3 is 2.50 bits per heavy atom. The van der Waals surface area contributed by atoms with Gasteiger partial charge in [-0.25, -0.2) is 8.42 Å². The predicted octanol–water partition coefficient (Wildman–Crippen LogP) is 4.00. The highest BCUT2D eigenvalue weighted by atomic mass is 35.5. The number of nitriles is 1. The molecule has 0 aliphatic rings. The molecule has 0 atom stereocenters. The first kappa shape index (κ1) is 26.9. The monoisotopic (exact) mass is 548 g/mol. The van der Waals surface area contributed by atoms with Crippen LogP contribution in [0, 0.1) is 11.3 Å². The molecule has 36 heavy (non-hydrogen) atoms. The summed E-state index contributed by atoms with van der Waals surface area (Å²) in [5.41, 5.74) is 0.292. The minimum absolute atomic E-state index is 0.0404. The van der Waals surface area contributed by atoms with Crippen molar-refractivity contribution in [2.24, 2.45) is 0 Å². The summed E-state index contributed by atoms with van der Waals surface area (Å²) >= 11 is 6.75. The summed E-state index contributed by atoms with van der Waals surface area (Å²) in [6.07, 6.45) is 2.94. The highest BCUT2D eigenvalue weighted by molar-refractivity contribution is 7.92. The number of hydrogen-bond acceptors (Lipinski definition) is 10. The number of nitrogens with zero attached hydrogens (tertiary/aromatic N) is 3. The minimum Gasteiger partial charge on any atom is -0.493 e. The van der Waals surface area contributed by atoms with Gasteiger partial charge >= 0.3 is 0 Å². The molecule has 0 saturated carbocycles. The number of anilines is 1. The van der Waals surface area contributed by atoms with Crippen molar-refractivity contribution >= 4 is 49.9 Å². The van der Waals surface area contributed by atoms with Gasteiger partial charge in [0.2, 0.25) is 19.3 Å². The molecule has 1 heterocycles. The van der Waals surface area contributed by atoms with Gasteiger partial charge in [-0.2, -0.15) is 5.26 Å². The number of sulfone groups is 1. The maximum absolute atomic E-state index is 12.5. The van der Waals surface area contributed by atoms with E-state index >= 15 is 0 Å². The first-order valence-electron chi connectivity index (χ1n) is 10.4. The number of para-hydroxylation sites is 1. The fourth-order valence-electron chi connectivity index (χ4n) is 2.77. The third-order valence-electron chi connectivity index (χ3n) is 4.45. The summed E-state index contributed by atoms with van der Waals surface area (Å²) in [7, 11) is -2.08. The van der Waals surface area contributed by atoms with Crippen LogP contribution < -0.4 is 19.5 Å². The molecule has 1 aromatic heterocycles. The standard InChI is InChI=1S/C23H21ClN4O6S2/c1-32-20-13-15(8-9-19(20)34-11-5-10-33-18-7-4-3-6-17(18)24)12-16(14-25)21(29)26-22-27-28-23(35-22)36(2,30)31/h3-4,6-9,12-13H,5,10-11H2,1-2H3,(H,26,27,29). The Kier molecular flexibility index (Phi) is 9.24. The van der Waals surface area contributed by atoms with E-state index < -0.39 is 15.7 Å². The Hall–Kier alpha value is -3.66. The lowest BCUT2D eigenvalue weighted by atomic mass is 10.1. The van der Waals surface area contributed by atoms with Gasteiger partial charge in [-0.05, 0) is 35.9 Å². The number of ether oxygens (including phenoxy) is 3. The average Bonchev–Trinajstić information content (AvgIpc) is 3.33. The molecule has 0 bridgehead atoms. The molecule has 0 radical (unpaired) electrons. The Morgan fingerprint density at radius 2 is 1.86 bits per heavy atom. The van der Waals surface area contributed by atoms with Gasteiger partial charge in [-0.1, -0.05) is 41.1 Å². The van der Waals surface area contributed by atoms with Crippen LogP contribution in [0.3, 0.4) is 0 Å². The van der Waals surface area contributed by atoms with Gasteiger partial charge < -0.3 is 14.2 Å². The summed E-state index contributed by atoms with van der Waals surface area (Å²) in [4.78, 5) is 12.5. The smallest absolute Gasteiger partial charge is 0.268 e. The van der Waals surface area contributed by atoms with E-state index in [9.17, 15) is 18.5 Å². The third kappa shape index (κ3) is 7.42. The fourth-order valence-corrected chi connectivity index (χ4v) is 4.46. The van der Waals surface area contributed by atoms with Crippen molar-refractivity contribution < 1.29 is 27.4 Å². The van der Waals surface area contributed by atoms with Gasteiger partial charge in [0.05, 0.1) is 25.3 Å². The quantitative estimate of drug-likeness (QED) is 0.163. The van der Waals surface area contributed by atoms with E-state index in [2.05, 4.69) is 15.5 Å². The molecule has 0 saturated heterocycles. The number of carbonyl (C=O) groups is 1. The number of benzene rings is 2. The van der Waals surface area contributed by atoms with Crippen molar-refractivity contribution in [2.75, 3.05) is 31.9 Å². The Balaban J connectivity index is 1.60. The number of aromatic nitrogens is 2. The zero-order valence-electron chi connectivity index (χ0n) is 19.2. The van der Waals surface area contributed by atoms with E-state index in [-0.39, 0.29) is 15.0 Å². The van der Waals surface area contributed by atoms with Crippen molar-refractivity contribution in [3.8, 4) is 23.3 Å². The Labute approximate surface area is 217 Å². The van der Waals surface area contributed by atoms with Gasteiger partial charge in [0.25, 0.3) is 5.91 Å². The van der Waals surface area contributed by atoms with Crippen LogP contribution in [0.15, 0.2) is 52.4 Å². The number of rotatable bonds is 11. The SMILES string of the molecule is COc1cc(C=C(C#N)C(=O)Nc2nnc(S(C)(=O)=O)s2)ccc1OCCCOc1ccccc1Cl. The largest absolute Gasteiger partial charge is 0.493 e. The highest BCUT2D eigenvalue weighted by Gasteiger charge is 2.17. The number of halogens is 1. The fraction of sp³-hybridized carbons (Fsp3) is 0.217. The van der Waals surface area contributed by atoms with Crippen LogP contribution in [0.4, 0.5) is 5.13 Å². The molecule has 10 nitrogen and oxygen atoms in total. The van der Waals surface area contributed by atoms with E-state index in [1.165, 1.54) is 13.2 Å². The normalized spacial score (nSPS) is 11.4. The molecule has 2 aromatic carbocycles. The Bertz CT molecular complexity index is 1420. The van der Waals surface area contributed by atoms with Gasteiger partial charge in [0.1, 0.15) is 17.4 Å². The molecule has 13 heteroatoms. The van der Waals surface area contributed by atoms with Gasteiger partial charge in [-0.15, -0.1) is 10.2 Å². The minimum atomic E-state index is -3.55. The molecular weight excluding hydrogens is 528 g/mol.